The molecule has 7 heteroatoms. The first-order valence-electron chi connectivity index (χ1n) is 8.31. The van der Waals surface area contributed by atoms with Crippen LogP contribution in [0.25, 0.3) is 0 Å². The highest BCUT2D eigenvalue weighted by Crippen LogP contribution is 2.29. The molecule has 1 heterocycles. The fraction of sp³-hybridized carbons (Fsp3) is 0.200. The Morgan fingerprint density at radius 1 is 1.22 bits per heavy atom. The molecular weight excluding hydrogens is 418 g/mol. The van der Waals surface area contributed by atoms with Crippen LogP contribution in [-0.2, 0) is 9.59 Å². The lowest BCUT2D eigenvalue weighted by molar-refractivity contribution is -0.118. The molecule has 0 fully saturated rings. The quantitative estimate of drug-likeness (QED) is 0.780. The molecule has 27 heavy (non-hydrogen) atoms. The molecule has 0 saturated heterocycles. The molecule has 140 valence electrons. The predicted molar refractivity (Wildman–Crippen MR) is 102 cm³/mol. The molecule has 0 bridgehead atoms. The Morgan fingerprint density at radius 3 is 2.63 bits per heavy atom. The largest absolute Gasteiger partial charge is 0.346 e. The Bertz CT molecular complexity index is 959. The average molecular weight is 435 g/mol. The number of hydrogen-bond donors (Lipinski definition) is 1. The van der Waals surface area contributed by atoms with E-state index in [0.29, 0.717) is 6.07 Å². The Balaban J connectivity index is 1.78. The number of nitrogens with one attached hydrogen (secondary N) is 1. The summed E-state index contributed by atoms with van der Waals surface area (Å²) in [4.78, 5) is 26.3. The van der Waals surface area contributed by atoms with Gasteiger partial charge >= 0.3 is 0 Å². The van der Waals surface area contributed by atoms with Gasteiger partial charge in [0.2, 0.25) is 5.91 Å². The van der Waals surface area contributed by atoms with Gasteiger partial charge in [-0.15, -0.1) is 0 Å². The molecule has 1 aliphatic rings. The average Bonchev–Trinajstić information content (AvgIpc) is 2.90. The van der Waals surface area contributed by atoms with E-state index in [1.165, 1.54) is 13.0 Å². The summed E-state index contributed by atoms with van der Waals surface area (Å²) < 4.78 is 28.1. The maximum Gasteiger partial charge on any atom is 0.254 e. The van der Waals surface area contributed by atoms with Crippen LogP contribution in [0.15, 0.2) is 58.1 Å². The smallest absolute Gasteiger partial charge is 0.254 e. The standard InChI is InChI=1S/C20H17BrF2N2O2/c1-11-16(19(26)24-12(2)13-4-3-5-14(21)8-13)10-25(20(11)27)18-7-6-15(22)9-17(18)23/h3-9,12H,10H2,1-2H3,(H,24,26)/t12-/m1/s1. The van der Waals surface area contributed by atoms with Crippen LogP contribution in [0, 0.1) is 11.6 Å². The lowest BCUT2D eigenvalue weighted by atomic mass is 10.1. The number of hydrogen-bond acceptors (Lipinski definition) is 2. The number of benzene rings is 2. The van der Waals surface area contributed by atoms with E-state index in [0.717, 1.165) is 21.0 Å². The first kappa shape index (κ1) is 19.2. The van der Waals surface area contributed by atoms with Crippen molar-refractivity contribution in [3.63, 3.8) is 0 Å². The number of carbonyl (C=O) groups is 2. The Morgan fingerprint density at radius 2 is 1.96 bits per heavy atom. The lowest BCUT2D eigenvalue weighted by Gasteiger charge is -2.18. The molecule has 0 aliphatic carbocycles. The molecule has 4 nitrogen and oxygen atoms in total. The third kappa shape index (κ3) is 3.93. The molecular formula is C20H17BrF2N2O2. The van der Waals surface area contributed by atoms with E-state index in [1.807, 2.05) is 31.2 Å². The number of halogens is 3. The van der Waals surface area contributed by atoms with Gasteiger partial charge in [0.1, 0.15) is 11.6 Å². The maximum absolute atomic E-state index is 14.0. The zero-order chi connectivity index (χ0) is 19.7. The summed E-state index contributed by atoms with van der Waals surface area (Å²) in [5.41, 5.74) is 1.37. The molecule has 0 saturated carbocycles. The van der Waals surface area contributed by atoms with Crippen molar-refractivity contribution >= 4 is 33.4 Å². The topological polar surface area (TPSA) is 49.4 Å². The van der Waals surface area contributed by atoms with Crippen LogP contribution in [-0.4, -0.2) is 18.4 Å². The van der Waals surface area contributed by atoms with Gasteiger partial charge in [-0.3, -0.25) is 9.59 Å². The van der Waals surface area contributed by atoms with Crippen molar-refractivity contribution in [1.82, 2.24) is 5.32 Å². The Hall–Kier alpha value is -2.54. The Kier molecular flexibility index (Phi) is 5.41. The molecule has 0 aromatic heterocycles. The highest BCUT2D eigenvalue weighted by molar-refractivity contribution is 9.10. The van der Waals surface area contributed by atoms with Crippen molar-refractivity contribution < 1.29 is 18.4 Å². The van der Waals surface area contributed by atoms with Gasteiger partial charge in [0.15, 0.2) is 0 Å². The minimum atomic E-state index is -0.847. The molecule has 2 aromatic carbocycles. The summed E-state index contributed by atoms with van der Waals surface area (Å²) in [6.07, 6.45) is 0. The SMILES string of the molecule is CC1=C(C(=O)N[C@H](C)c2cccc(Br)c2)CN(c2ccc(F)cc2F)C1=O. The highest BCUT2D eigenvalue weighted by atomic mass is 79.9. The van der Waals surface area contributed by atoms with Crippen molar-refractivity contribution in [1.29, 1.82) is 0 Å². The minimum Gasteiger partial charge on any atom is -0.346 e. The second-order valence-corrected chi connectivity index (χ2v) is 7.26. The van der Waals surface area contributed by atoms with Crippen molar-refractivity contribution in [2.75, 3.05) is 11.4 Å². The van der Waals surface area contributed by atoms with E-state index in [-0.39, 0.29) is 29.4 Å². The normalized spacial score (nSPS) is 15.3. The number of nitrogens with zero attached hydrogens (tertiary/aromatic N) is 1. The second-order valence-electron chi connectivity index (χ2n) is 6.34. The van der Waals surface area contributed by atoms with E-state index in [1.54, 1.807) is 0 Å². The number of amides is 2. The van der Waals surface area contributed by atoms with Crippen molar-refractivity contribution in [3.8, 4) is 0 Å². The van der Waals surface area contributed by atoms with Gasteiger partial charge in [-0.05, 0) is 43.7 Å². The zero-order valence-corrected chi connectivity index (χ0v) is 16.3. The van der Waals surface area contributed by atoms with Crippen molar-refractivity contribution in [3.05, 3.63) is 75.3 Å². The van der Waals surface area contributed by atoms with Crippen LogP contribution in [0.3, 0.4) is 0 Å². The third-order valence-corrected chi connectivity index (χ3v) is 5.00. The van der Waals surface area contributed by atoms with Gasteiger partial charge in [-0.1, -0.05) is 28.1 Å². The zero-order valence-electron chi connectivity index (χ0n) is 14.7. The van der Waals surface area contributed by atoms with Gasteiger partial charge < -0.3 is 10.2 Å². The van der Waals surface area contributed by atoms with Crippen molar-refractivity contribution in [2.24, 2.45) is 0 Å². The highest BCUT2D eigenvalue weighted by Gasteiger charge is 2.33. The molecule has 3 rings (SSSR count). The van der Waals surface area contributed by atoms with Gasteiger partial charge in [0, 0.05) is 21.7 Å². The Labute approximate surface area is 164 Å². The van der Waals surface area contributed by atoms with Crippen LogP contribution < -0.4 is 10.2 Å². The van der Waals surface area contributed by atoms with E-state index in [4.69, 9.17) is 0 Å². The van der Waals surface area contributed by atoms with E-state index in [2.05, 4.69) is 21.2 Å². The van der Waals surface area contributed by atoms with Gasteiger partial charge in [0.05, 0.1) is 18.3 Å². The summed E-state index contributed by atoms with van der Waals surface area (Å²) in [7, 11) is 0. The molecule has 0 unspecified atom stereocenters. The third-order valence-electron chi connectivity index (χ3n) is 4.51. The van der Waals surface area contributed by atoms with Gasteiger partial charge in [-0.2, -0.15) is 0 Å². The number of anilines is 1. The minimum absolute atomic E-state index is 0.0522. The number of rotatable bonds is 4. The van der Waals surface area contributed by atoms with Crippen LogP contribution in [0.2, 0.25) is 0 Å². The molecule has 0 spiro atoms. The van der Waals surface area contributed by atoms with Crippen LogP contribution in [0.5, 0.6) is 0 Å². The lowest BCUT2D eigenvalue weighted by Crippen LogP contribution is -2.32. The summed E-state index contributed by atoms with van der Waals surface area (Å²) in [5.74, 6) is -2.44. The summed E-state index contributed by atoms with van der Waals surface area (Å²) in [6, 6.07) is 10.2. The fourth-order valence-electron chi connectivity index (χ4n) is 2.96. The van der Waals surface area contributed by atoms with Gasteiger partial charge in [0.25, 0.3) is 5.91 Å². The second kappa shape index (κ2) is 7.60. The summed E-state index contributed by atoms with van der Waals surface area (Å²) in [5, 5.41) is 2.86. The van der Waals surface area contributed by atoms with Crippen LogP contribution >= 0.6 is 15.9 Å². The van der Waals surface area contributed by atoms with Crippen LogP contribution in [0.4, 0.5) is 14.5 Å². The van der Waals surface area contributed by atoms with Crippen molar-refractivity contribution in [2.45, 2.75) is 19.9 Å². The monoisotopic (exact) mass is 434 g/mol. The van der Waals surface area contributed by atoms with Gasteiger partial charge in [-0.25, -0.2) is 8.78 Å². The summed E-state index contributed by atoms with van der Waals surface area (Å²) >= 11 is 3.39. The van der Waals surface area contributed by atoms with E-state index in [9.17, 15) is 18.4 Å². The fourth-order valence-corrected chi connectivity index (χ4v) is 3.38. The molecule has 2 aromatic rings. The maximum atomic E-state index is 14.0. The molecule has 1 aliphatic heterocycles. The van der Waals surface area contributed by atoms with E-state index >= 15 is 0 Å². The van der Waals surface area contributed by atoms with Crippen LogP contribution in [0.1, 0.15) is 25.5 Å². The predicted octanol–water partition coefficient (Wildman–Crippen LogP) is 4.27. The molecule has 0 radical (unpaired) electrons. The molecule has 1 atom stereocenters. The first-order chi connectivity index (χ1) is 12.8. The van der Waals surface area contributed by atoms with E-state index < -0.39 is 23.4 Å². The first-order valence-corrected chi connectivity index (χ1v) is 9.10. The molecule has 2 amide bonds. The molecule has 1 N–H and O–H groups in total. The summed E-state index contributed by atoms with van der Waals surface area (Å²) in [6.45, 7) is 3.30. The number of carbonyl (C=O) groups excluding carboxylic acids is 2.